The van der Waals surface area contributed by atoms with Gasteiger partial charge in [0.1, 0.15) is 11.5 Å². The van der Waals surface area contributed by atoms with E-state index in [0.717, 1.165) is 15.4 Å². The highest BCUT2D eigenvalue weighted by Crippen LogP contribution is 2.42. The normalized spacial score (nSPS) is 12.4. The lowest BCUT2D eigenvalue weighted by Gasteiger charge is -2.33. The lowest BCUT2D eigenvalue weighted by atomic mass is 9.72. The van der Waals surface area contributed by atoms with Crippen LogP contribution in [0.15, 0.2) is 47.4 Å². The van der Waals surface area contributed by atoms with Gasteiger partial charge in [-0.3, -0.25) is 4.79 Å². The van der Waals surface area contributed by atoms with E-state index in [1.54, 1.807) is 12.1 Å². The number of amides is 1. The maximum atomic E-state index is 12.0. The fraction of sp³-hybridized carbons (Fsp3) is 0.429. The quantitative estimate of drug-likeness (QED) is 0.284. The Labute approximate surface area is 197 Å². The summed E-state index contributed by atoms with van der Waals surface area (Å²) in [5.41, 5.74) is 3.81. The summed E-state index contributed by atoms with van der Waals surface area (Å²) in [6.07, 6.45) is 2.45. The number of hydrogen-bond acceptors (Lipinski definition) is 4. The minimum atomic E-state index is -0.372. The molecule has 1 amide bonds. The molecule has 0 spiro atoms. The maximum absolute atomic E-state index is 12.0. The summed E-state index contributed by atoms with van der Waals surface area (Å²) in [6, 6.07) is 7.58. The maximum Gasteiger partial charge on any atom is 0.277 e. The van der Waals surface area contributed by atoms with Crippen molar-refractivity contribution in [3.63, 3.8) is 0 Å². The molecule has 0 saturated heterocycles. The van der Waals surface area contributed by atoms with E-state index < -0.39 is 0 Å². The highest BCUT2D eigenvalue weighted by atomic mass is 79.9. The van der Waals surface area contributed by atoms with Crippen molar-refractivity contribution >= 4 is 59.9 Å². The minimum absolute atomic E-state index is 0.00520. The molecule has 0 atom stereocenters. The van der Waals surface area contributed by atoms with Gasteiger partial charge in [0, 0.05) is 0 Å². The average Bonchev–Trinajstić information content (AvgIpc) is 2.97. The monoisotopic (exact) mass is 590 g/mol. The molecular formula is C21H25Br3N2O3. The number of hydrazone groups is 1. The molecule has 1 aromatic carbocycles. The molecule has 2 rings (SSSR count). The van der Waals surface area contributed by atoms with Crippen LogP contribution >= 0.6 is 47.8 Å². The van der Waals surface area contributed by atoms with Crippen molar-refractivity contribution in [3.8, 4) is 5.75 Å². The standard InChI is InChI=1S/C21H25Br3N2O3/c1-20(2,3)12-21(4,5)13-8-15(22)19(16(23)9-13)28-11-18(27)26-25-10-14-6-7-17(24)29-14/h6-10H,11-12H2,1-5H3,(H,26,27)/b25-10+. The summed E-state index contributed by atoms with van der Waals surface area (Å²) in [7, 11) is 0. The van der Waals surface area contributed by atoms with Gasteiger partial charge in [0.05, 0.1) is 15.2 Å². The molecule has 0 saturated carbocycles. The predicted molar refractivity (Wildman–Crippen MR) is 127 cm³/mol. The number of ether oxygens (including phenoxy) is 1. The van der Waals surface area contributed by atoms with Crippen LogP contribution in [0.4, 0.5) is 0 Å². The summed E-state index contributed by atoms with van der Waals surface area (Å²) in [4.78, 5) is 12.0. The Morgan fingerprint density at radius 2 is 1.76 bits per heavy atom. The predicted octanol–water partition coefficient (Wildman–Crippen LogP) is 6.81. The fourth-order valence-corrected chi connectivity index (χ4v) is 4.99. The van der Waals surface area contributed by atoms with Crippen LogP contribution in [0.5, 0.6) is 5.75 Å². The second kappa shape index (κ2) is 9.79. The van der Waals surface area contributed by atoms with Crippen molar-refractivity contribution in [2.45, 2.75) is 46.5 Å². The molecular weight excluding hydrogens is 568 g/mol. The largest absolute Gasteiger partial charge is 0.481 e. The Morgan fingerprint density at radius 3 is 2.28 bits per heavy atom. The van der Waals surface area contributed by atoms with Gasteiger partial charge in [0.2, 0.25) is 0 Å². The van der Waals surface area contributed by atoms with Crippen molar-refractivity contribution in [1.82, 2.24) is 5.43 Å². The molecule has 0 unspecified atom stereocenters. The lowest BCUT2D eigenvalue weighted by Crippen LogP contribution is -2.26. The van der Waals surface area contributed by atoms with E-state index in [2.05, 4.69) is 105 Å². The molecule has 0 bridgehead atoms. The van der Waals surface area contributed by atoms with Crippen molar-refractivity contribution in [3.05, 3.63) is 49.2 Å². The molecule has 5 nitrogen and oxygen atoms in total. The SMILES string of the molecule is CC(C)(C)CC(C)(C)c1cc(Br)c(OCC(=O)N/N=C/c2ccc(Br)o2)c(Br)c1. The van der Waals surface area contributed by atoms with Crippen LogP contribution in [0.25, 0.3) is 0 Å². The highest BCUT2D eigenvalue weighted by molar-refractivity contribution is 9.11. The van der Waals surface area contributed by atoms with E-state index in [0.29, 0.717) is 16.2 Å². The first kappa shape index (κ1) is 24.2. The third-order valence-corrected chi connectivity index (χ3v) is 5.68. The smallest absolute Gasteiger partial charge is 0.277 e. The number of hydrogen-bond donors (Lipinski definition) is 1. The molecule has 0 aliphatic heterocycles. The van der Waals surface area contributed by atoms with Crippen molar-refractivity contribution in [2.24, 2.45) is 10.5 Å². The van der Waals surface area contributed by atoms with Crippen LogP contribution in [-0.4, -0.2) is 18.7 Å². The summed E-state index contributed by atoms with van der Waals surface area (Å²) in [5.74, 6) is 0.731. The molecule has 0 aliphatic carbocycles. The zero-order valence-corrected chi connectivity index (χ0v) is 21.9. The van der Waals surface area contributed by atoms with Gasteiger partial charge < -0.3 is 9.15 Å². The molecule has 2 aromatic rings. The van der Waals surface area contributed by atoms with Gasteiger partial charge in [-0.25, -0.2) is 5.43 Å². The number of carbonyl (C=O) groups excluding carboxylic acids is 1. The molecule has 0 fully saturated rings. The Hall–Kier alpha value is -1.12. The highest BCUT2D eigenvalue weighted by Gasteiger charge is 2.28. The van der Waals surface area contributed by atoms with Crippen LogP contribution in [0, 0.1) is 5.41 Å². The molecule has 1 N–H and O–H groups in total. The van der Waals surface area contributed by atoms with E-state index in [9.17, 15) is 4.79 Å². The van der Waals surface area contributed by atoms with Crippen LogP contribution in [0.2, 0.25) is 0 Å². The van der Waals surface area contributed by atoms with Gasteiger partial charge in [0.15, 0.2) is 11.3 Å². The molecule has 29 heavy (non-hydrogen) atoms. The molecule has 1 heterocycles. The van der Waals surface area contributed by atoms with Crippen LogP contribution in [0.3, 0.4) is 0 Å². The molecule has 0 radical (unpaired) electrons. The van der Waals surface area contributed by atoms with Crippen LogP contribution in [0.1, 0.15) is 52.4 Å². The summed E-state index contributed by atoms with van der Waals surface area (Å²) < 4.78 is 13.1. The van der Waals surface area contributed by atoms with E-state index in [-0.39, 0.29) is 23.3 Å². The number of nitrogens with zero attached hydrogens (tertiary/aromatic N) is 1. The topological polar surface area (TPSA) is 63.8 Å². The van der Waals surface area contributed by atoms with E-state index >= 15 is 0 Å². The molecule has 1 aromatic heterocycles. The number of nitrogens with one attached hydrogen (secondary N) is 1. The van der Waals surface area contributed by atoms with Gasteiger partial charge in [-0.1, -0.05) is 34.6 Å². The zero-order chi connectivity index (χ0) is 21.8. The summed E-state index contributed by atoms with van der Waals surface area (Å²) >= 11 is 10.3. The molecule has 8 heteroatoms. The summed E-state index contributed by atoms with van der Waals surface area (Å²) in [5, 5.41) is 3.85. The van der Waals surface area contributed by atoms with E-state index in [1.165, 1.54) is 11.8 Å². The second-order valence-electron chi connectivity index (χ2n) is 8.61. The number of rotatable bonds is 7. The average molecular weight is 593 g/mol. The lowest BCUT2D eigenvalue weighted by molar-refractivity contribution is -0.123. The van der Waals surface area contributed by atoms with Gasteiger partial charge in [-0.05, 0) is 94.9 Å². The first-order valence-electron chi connectivity index (χ1n) is 9.07. The van der Waals surface area contributed by atoms with Gasteiger partial charge in [-0.2, -0.15) is 5.10 Å². The Bertz CT molecular complexity index is 876. The van der Waals surface area contributed by atoms with Gasteiger partial charge >= 0.3 is 0 Å². The Morgan fingerprint density at radius 1 is 1.14 bits per heavy atom. The Balaban J connectivity index is 2.00. The minimum Gasteiger partial charge on any atom is -0.481 e. The van der Waals surface area contributed by atoms with Crippen LogP contribution < -0.4 is 10.2 Å². The number of carbonyl (C=O) groups is 1. The van der Waals surface area contributed by atoms with Crippen molar-refractivity contribution < 1.29 is 13.9 Å². The number of halogens is 3. The first-order chi connectivity index (χ1) is 13.4. The third kappa shape index (κ3) is 7.57. The van der Waals surface area contributed by atoms with Crippen molar-refractivity contribution in [2.75, 3.05) is 6.61 Å². The number of furan rings is 1. The Kier molecular flexibility index (Phi) is 8.15. The number of benzene rings is 1. The molecule has 0 aliphatic rings. The van der Waals surface area contributed by atoms with Crippen molar-refractivity contribution in [1.29, 1.82) is 0 Å². The van der Waals surface area contributed by atoms with Gasteiger partial charge in [-0.15, -0.1) is 0 Å². The second-order valence-corrected chi connectivity index (χ2v) is 11.1. The van der Waals surface area contributed by atoms with E-state index in [1.807, 2.05) is 0 Å². The first-order valence-corrected chi connectivity index (χ1v) is 11.4. The fourth-order valence-electron chi connectivity index (χ4n) is 3.25. The molecule has 158 valence electrons. The van der Waals surface area contributed by atoms with Crippen LogP contribution in [-0.2, 0) is 10.2 Å². The van der Waals surface area contributed by atoms with E-state index in [4.69, 9.17) is 9.15 Å². The third-order valence-electron chi connectivity index (χ3n) is 4.07. The van der Waals surface area contributed by atoms with Gasteiger partial charge in [0.25, 0.3) is 5.91 Å². The summed E-state index contributed by atoms with van der Waals surface area (Å²) in [6.45, 7) is 11.0. The zero-order valence-electron chi connectivity index (χ0n) is 17.1.